The average molecular weight is 292 g/mol. The van der Waals surface area contributed by atoms with Crippen molar-refractivity contribution in [3.8, 4) is 0 Å². The van der Waals surface area contributed by atoms with Crippen LogP contribution in [0.25, 0.3) is 0 Å². The van der Waals surface area contributed by atoms with Gasteiger partial charge in [0.2, 0.25) is 0 Å². The molecular formula is C17H32N4. The molecule has 0 bridgehead atoms. The van der Waals surface area contributed by atoms with E-state index in [-0.39, 0.29) is 11.6 Å². The van der Waals surface area contributed by atoms with Crippen molar-refractivity contribution in [3.05, 3.63) is 24.3 Å². The van der Waals surface area contributed by atoms with Gasteiger partial charge in [0.05, 0.1) is 6.04 Å². The molecule has 0 radical (unpaired) electrons. The Morgan fingerprint density at radius 3 is 2.05 bits per heavy atom. The van der Waals surface area contributed by atoms with Crippen LogP contribution in [-0.4, -0.2) is 40.0 Å². The molecule has 0 amide bonds. The summed E-state index contributed by atoms with van der Waals surface area (Å²) in [5.74, 6) is 0. The van der Waals surface area contributed by atoms with Gasteiger partial charge in [-0.1, -0.05) is 34.6 Å². The van der Waals surface area contributed by atoms with Gasteiger partial charge in [-0.15, -0.1) is 0 Å². The molecule has 1 N–H and O–H groups in total. The van der Waals surface area contributed by atoms with Gasteiger partial charge in [0.25, 0.3) is 0 Å². The van der Waals surface area contributed by atoms with Gasteiger partial charge in [0.1, 0.15) is 6.33 Å². The molecule has 1 atom stereocenters. The van der Waals surface area contributed by atoms with E-state index in [9.17, 15) is 0 Å². The van der Waals surface area contributed by atoms with E-state index in [1.165, 1.54) is 5.56 Å². The number of nitrogens with zero attached hydrogens (tertiary/aromatic N) is 3. The van der Waals surface area contributed by atoms with Gasteiger partial charge in [0, 0.05) is 23.5 Å². The Balaban J connectivity index is 3.23. The highest BCUT2D eigenvalue weighted by Gasteiger charge is 2.40. The van der Waals surface area contributed by atoms with Crippen molar-refractivity contribution >= 4 is 0 Å². The Bertz CT molecular complexity index is 372. The quantitative estimate of drug-likeness (QED) is 0.717. The van der Waals surface area contributed by atoms with Crippen molar-refractivity contribution in [2.24, 2.45) is 0 Å². The zero-order chi connectivity index (χ0) is 15.7. The summed E-state index contributed by atoms with van der Waals surface area (Å²) in [5.41, 5.74) is 1.31. The molecule has 0 aliphatic heterocycles. The second-order valence-corrected chi connectivity index (χ2v) is 5.54. The van der Waals surface area contributed by atoms with Gasteiger partial charge in [-0.2, -0.15) is 0 Å². The van der Waals surface area contributed by atoms with Gasteiger partial charge in [-0.05, 0) is 38.9 Å². The second-order valence-electron chi connectivity index (χ2n) is 5.54. The van der Waals surface area contributed by atoms with E-state index in [0.717, 1.165) is 38.9 Å². The lowest BCUT2D eigenvalue weighted by Crippen LogP contribution is -2.56. The molecule has 1 aromatic rings. The summed E-state index contributed by atoms with van der Waals surface area (Å²) in [5, 5.41) is 3.76. The molecule has 4 heteroatoms. The van der Waals surface area contributed by atoms with Crippen LogP contribution in [0.5, 0.6) is 0 Å². The molecule has 0 spiro atoms. The maximum Gasteiger partial charge on any atom is 0.115 e. The van der Waals surface area contributed by atoms with Crippen LogP contribution in [0.2, 0.25) is 0 Å². The van der Waals surface area contributed by atoms with E-state index >= 15 is 0 Å². The Morgan fingerprint density at radius 2 is 1.62 bits per heavy atom. The fraction of sp³-hybridized carbons (Fsp3) is 0.765. The van der Waals surface area contributed by atoms with Gasteiger partial charge in [-0.25, -0.2) is 9.97 Å². The summed E-state index contributed by atoms with van der Waals surface area (Å²) >= 11 is 0. The fourth-order valence-corrected chi connectivity index (χ4v) is 3.51. The van der Waals surface area contributed by atoms with Crippen LogP contribution >= 0.6 is 0 Å². The lowest BCUT2D eigenvalue weighted by molar-refractivity contribution is 0.0485. The van der Waals surface area contributed by atoms with Crippen molar-refractivity contribution < 1.29 is 0 Å². The Morgan fingerprint density at radius 1 is 1.05 bits per heavy atom. The zero-order valence-corrected chi connectivity index (χ0v) is 14.4. The number of hydrogen-bond acceptors (Lipinski definition) is 4. The summed E-state index contributed by atoms with van der Waals surface area (Å²) in [4.78, 5) is 11.1. The minimum absolute atomic E-state index is 0.114. The molecule has 4 nitrogen and oxygen atoms in total. The minimum atomic E-state index is 0.114. The summed E-state index contributed by atoms with van der Waals surface area (Å²) in [7, 11) is 0. The maximum absolute atomic E-state index is 4.24. The van der Waals surface area contributed by atoms with E-state index in [1.807, 2.05) is 12.4 Å². The molecule has 0 fully saturated rings. The third kappa shape index (κ3) is 4.01. The number of nitrogens with one attached hydrogen (secondary N) is 1. The number of rotatable bonds is 10. The third-order valence-corrected chi connectivity index (χ3v) is 4.67. The van der Waals surface area contributed by atoms with E-state index < -0.39 is 0 Å². The molecular weight excluding hydrogens is 260 g/mol. The molecule has 0 aliphatic rings. The minimum Gasteiger partial charge on any atom is -0.308 e. The van der Waals surface area contributed by atoms with Crippen LogP contribution in [0.3, 0.4) is 0 Å². The van der Waals surface area contributed by atoms with Crippen molar-refractivity contribution in [3.63, 3.8) is 0 Å². The first-order valence-corrected chi connectivity index (χ1v) is 8.43. The standard InChI is InChI=1S/C17H32N4/c1-6-11-20-16(15-12-18-14-19-13-15)17(7-2,8-3)21(9-4)10-5/h12-14,16,20H,6-11H2,1-5H3. The summed E-state index contributed by atoms with van der Waals surface area (Å²) in [6.45, 7) is 14.5. The maximum atomic E-state index is 4.24. The molecule has 120 valence electrons. The first-order chi connectivity index (χ1) is 10.2. The molecule has 0 aromatic carbocycles. The molecule has 1 unspecified atom stereocenters. The molecule has 21 heavy (non-hydrogen) atoms. The lowest BCUT2D eigenvalue weighted by atomic mass is 9.79. The number of likely N-dealkylation sites (N-methyl/N-ethyl adjacent to an activating group) is 1. The topological polar surface area (TPSA) is 41.1 Å². The van der Waals surface area contributed by atoms with Crippen LogP contribution in [-0.2, 0) is 0 Å². The van der Waals surface area contributed by atoms with Crippen LogP contribution in [0.15, 0.2) is 18.7 Å². The lowest BCUT2D eigenvalue weighted by Gasteiger charge is -2.48. The van der Waals surface area contributed by atoms with E-state index in [1.54, 1.807) is 6.33 Å². The Hall–Kier alpha value is -1.00. The van der Waals surface area contributed by atoms with Gasteiger partial charge >= 0.3 is 0 Å². The number of aromatic nitrogens is 2. The summed E-state index contributed by atoms with van der Waals surface area (Å²) in [6, 6.07) is 0.272. The van der Waals surface area contributed by atoms with Crippen molar-refractivity contribution in [1.82, 2.24) is 20.2 Å². The van der Waals surface area contributed by atoms with Crippen molar-refractivity contribution in [2.45, 2.75) is 65.5 Å². The fourth-order valence-electron chi connectivity index (χ4n) is 3.51. The Labute approximate surface area is 130 Å². The van der Waals surface area contributed by atoms with Gasteiger partial charge < -0.3 is 5.32 Å². The second kappa shape index (κ2) is 9.11. The van der Waals surface area contributed by atoms with Crippen molar-refractivity contribution in [2.75, 3.05) is 19.6 Å². The van der Waals surface area contributed by atoms with E-state index in [4.69, 9.17) is 0 Å². The molecule has 1 heterocycles. The van der Waals surface area contributed by atoms with Gasteiger partial charge in [0.15, 0.2) is 0 Å². The molecule has 1 aromatic heterocycles. The van der Waals surface area contributed by atoms with Crippen LogP contribution < -0.4 is 5.32 Å². The largest absolute Gasteiger partial charge is 0.308 e. The zero-order valence-electron chi connectivity index (χ0n) is 14.4. The monoisotopic (exact) mass is 292 g/mol. The van der Waals surface area contributed by atoms with Crippen LogP contribution in [0, 0.1) is 0 Å². The van der Waals surface area contributed by atoms with Crippen LogP contribution in [0.4, 0.5) is 0 Å². The average Bonchev–Trinajstić information content (AvgIpc) is 2.55. The summed E-state index contributed by atoms with van der Waals surface area (Å²) < 4.78 is 0. The number of hydrogen-bond donors (Lipinski definition) is 1. The molecule has 0 saturated heterocycles. The first kappa shape index (κ1) is 18.1. The highest BCUT2D eigenvalue weighted by Crippen LogP contribution is 2.37. The predicted molar refractivity (Wildman–Crippen MR) is 89.3 cm³/mol. The van der Waals surface area contributed by atoms with Gasteiger partial charge in [-0.3, -0.25) is 4.90 Å². The SMILES string of the molecule is CCCNC(c1cncnc1)C(CC)(CC)N(CC)CC. The smallest absolute Gasteiger partial charge is 0.115 e. The normalized spacial score (nSPS) is 13.6. The molecule has 0 saturated carbocycles. The Kier molecular flexibility index (Phi) is 7.83. The molecule has 0 aliphatic carbocycles. The van der Waals surface area contributed by atoms with E-state index in [0.29, 0.717) is 0 Å². The highest BCUT2D eigenvalue weighted by molar-refractivity contribution is 5.17. The third-order valence-electron chi connectivity index (χ3n) is 4.67. The van der Waals surface area contributed by atoms with E-state index in [2.05, 4.69) is 54.8 Å². The van der Waals surface area contributed by atoms with Crippen molar-refractivity contribution in [1.29, 1.82) is 0 Å². The van der Waals surface area contributed by atoms with Crippen LogP contribution in [0.1, 0.15) is 65.5 Å². The summed E-state index contributed by atoms with van der Waals surface area (Å²) in [6.07, 6.45) is 8.89. The first-order valence-electron chi connectivity index (χ1n) is 8.43. The predicted octanol–water partition coefficient (Wildman–Crippen LogP) is 3.42. The molecule has 1 rings (SSSR count). The highest BCUT2D eigenvalue weighted by atomic mass is 15.2.